The van der Waals surface area contributed by atoms with Gasteiger partial charge in [0.15, 0.2) is 0 Å². The normalized spacial score (nSPS) is 14.4. The highest BCUT2D eigenvalue weighted by Gasteiger charge is 2.30. The lowest BCUT2D eigenvalue weighted by Gasteiger charge is -2.35. The number of para-hydroxylation sites is 1. The van der Waals surface area contributed by atoms with E-state index in [1.807, 2.05) is 30.1 Å². The van der Waals surface area contributed by atoms with Crippen LogP contribution in [-0.2, 0) is 4.79 Å². The lowest BCUT2D eigenvalue weighted by atomic mass is 10.1. The molecule has 0 saturated heterocycles. The molecule has 0 aromatic heterocycles. The third-order valence-electron chi connectivity index (χ3n) is 3.30. The van der Waals surface area contributed by atoms with Crippen LogP contribution in [0.4, 0.5) is 21.5 Å². The van der Waals surface area contributed by atoms with Gasteiger partial charge in [0.25, 0.3) is 5.91 Å². The zero-order valence-corrected chi connectivity index (χ0v) is 12.4. The van der Waals surface area contributed by atoms with Gasteiger partial charge >= 0.3 is 0 Å². The summed E-state index contributed by atoms with van der Waals surface area (Å²) in [5, 5.41) is 0. The SMILES string of the molecule is CN1CC(=O)N(c2ccccc2F)c2ccc(Br)cc21. The largest absolute Gasteiger partial charge is 0.364 e. The summed E-state index contributed by atoms with van der Waals surface area (Å²) >= 11 is 3.42. The minimum absolute atomic E-state index is 0.146. The molecule has 0 radical (unpaired) electrons. The lowest BCUT2D eigenvalue weighted by molar-refractivity contribution is -0.116. The van der Waals surface area contributed by atoms with Crippen LogP contribution in [0.15, 0.2) is 46.9 Å². The first-order chi connectivity index (χ1) is 9.58. The Hall–Kier alpha value is -1.88. The van der Waals surface area contributed by atoms with Gasteiger partial charge in [-0.2, -0.15) is 0 Å². The van der Waals surface area contributed by atoms with Gasteiger partial charge in [-0.25, -0.2) is 4.39 Å². The van der Waals surface area contributed by atoms with Gasteiger partial charge in [-0.05, 0) is 30.3 Å². The molecule has 0 atom stereocenters. The third-order valence-corrected chi connectivity index (χ3v) is 3.80. The first-order valence-corrected chi connectivity index (χ1v) is 6.95. The van der Waals surface area contributed by atoms with Crippen molar-refractivity contribution in [3.63, 3.8) is 0 Å². The molecule has 20 heavy (non-hydrogen) atoms. The van der Waals surface area contributed by atoms with Gasteiger partial charge in [-0.3, -0.25) is 9.69 Å². The Morgan fingerprint density at radius 3 is 2.60 bits per heavy atom. The maximum Gasteiger partial charge on any atom is 0.251 e. The molecule has 0 fully saturated rings. The second-order valence-corrected chi connectivity index (χ2v) is 5.59. The predicted octanol–water partition coefficient (Wildman–Crippen LogP) is 3.70. The van der Waals surface area contributed by atoms with Gasteiger partial charge in [0.1, 0.15) is 5.82 Å². The number of benzene rings is 2. The number of carbonyl (C=O) groups is 1. The molecular weight excluding hydrogens is 323 g/mol. The molecule has 1 aliphatic heterocycles. The summed E-state index contributed by atoms with van der Waals surface area (Å²) in [6, 6.07) is 11.9. The number of hydrogen-bond acceptors (Lipinski definition) is 2. The Kier molecular flexibility index (Phi) is 3.22. The second kappa shape index (κ2) is 4.90. The molecule has 3 nitrogen and oxygen atoms in total. The van der Waals surface area contributed by atoms with Gasteiger partial charge in [-0.15, -0.1) is 0 Å². The molecular formula is C15H12BrFN2O. The molecule has 2 aromatic rings. The zero-order chi connectivity index (χ0) is 14.3. The molecule has 0 bridgehead atoms. The number of hydrogen-bond donors (Lipinski definition) is 0. The average Bonchev–Trinajstić information content (AvgIpc) is 2.41. The van der Waals surface area contributed by atoms with Gasteiger partial charge < -0.3 is 4.90 Å². The number of rotatable bonds is 1. The van der Waals surface area contributed by atoms with E-state index in [9.17, 15) is 9.18 Å². The van der Waals surface area contributed by atoms with E-state index in [-0.39, 0.29) is 18.1 Å². The van der Waals surface area contributed by atoms with Crippen molar-refractivity contribution in [2.45, 2.75) is 0 Å². The highest BCUT2D eigenvalue weighted by Crippen LogP contribution is 2.39. The Bertz CT molecular complexity index is 689. The Balaban J connectivity index is 2.20. The summed E-state index contributed by atoms with van der Waals surface area (Å²) in [5.41, 5.74) is 1.87. The number of halogens is 2. The van der Waals surface area contributed by atoms with Crippen molar-refractivity contribution in [1.82, 2.24) is 0 Å². The first-order valence-electron chi connectivity index (χ1n) is 6.16. The number of amides is 1. The summed E-state index contributed by atoms with van der Waals surface area (Å²) in [6.45, 7) is 0.220. The van der Waals surface area contributed by atoms with E-state index in [2.05, 4.69) is 15.9 Å². The second-order valence-electron chi connectivity index (χ2n) is 4.67. The van der Waals surface area contributed by atoms with Crippen LogP contribution in [-0.4, -0.2) is 19.5 Å². The molecule has 5 heteroatoms. The predicted molar refractivity (Wildman–Crippen MR) is 81.0 cm³/mol. The summed E-state index contributed by atoms with van der Waals surface area (Å²) in [6.07, 6.45) is 0. The van der Waals surface area contributed by atoms with Crippen LogP contribution in [0, 0.1) is 5.82 Å². The number of fused-ring (bicyclic) bond motifs is 1. The molecule has 0 saturated carbocycles. The van der Waals surface area contributed by atoms with Crippen LogP contribution in [0.25, 0.3) is 0 Å². The maximum atomic E-state index is 14.0. The number of nitrogens with zero attached hydrogens (tertiary/aromatic N) is 2. The molecule has 1 heterocycles. The van der Waals surface area contributed by atoms with Crippen molar-refractivity contribution >= 4 is 38.9 Å². The van der Waals surface area contributed by atoms with Crippen LogP contribution >= 0.6 is 15.9 Å². The minimum atomic E-state index is -0.403. The van der Waals surface area contributed by atoms with E-state index in [1.54, 1.807) is 18.2 Å². The molecule has 102 valence electrons. The van der Waals surface area contributed by atoms with E-state index in [4.69, 9.17) is 0 Å². The van der Waals surface area contributed by atoms with Crippen molar-refractivity contribution < 1.29 is 9.18 Å². The van der Waals surface area contributed by atoms with Crippen molar-refractivity contribution in [1.29, 1.82) is 0 Å². The van der Waals surface area contributed by atoms with Gasteiger partial charge in [0.2, 0.25) is 0 Å². The summed E-state index contributed by atoms with van der Waals surface area (Å²) in [4.78, 5) is 15.6. The molecule has 1 aliphatic rings. The topological polar surface area (TPSA) is 23.6 Å². The Morgan fingerprint density at radius 2 is 1.85 bits per heavy atom. The summed E-state index contributed by atoms with van der Waals surface area (Å²) in [7, 11) is 1.85. The smallest absolute Gasteiger partial charge is 0.251 e. The zero-order valence-electron chi connectivity index (χ0n) is 10.8. The third kappa shape index (κ3) is 2.08. The van der Waals surface area contributed by atoms with Crippen LogP contribution in [0.1, 0.15) is 0 Å². The van der Waals surface area contributed by atoms with Crippen LogP contribution in [0.3, 0.4) is 0 Å². The summed E-state index contributed by atoms with van der Waals surface area (Å²) in [5.74, 6) is -0.549. The molecule has 0 aliphatic carbocycles. The van der Waals surface area contributed by atoms with Crippen LogP contribution < -0.4 is 9.80 Å². The standard InChI is InChI=1S/C15H12BrFN2O/c1-18-9-15(20)19(12-5-3-2-4-11(12)17)13-7-6-10(16)8-14(13)18/h2-8H,9H2,1H3. The first kappa shape index (κ1) is 13.1. The molecule has 2 aromatic carbocycles. The molecule has 0 N–H and O–H groups in total. The lowest BCUT2D eigenvalue weighted by Crippen LogP contribution is -2.42. The average molecular weight is 335 g/mol. The van der Waals surface area contributed by atoms with E-state index in [0.717, 1.165) is 10.2 Å². The number of anilines is 3. The molecule has 1 amide bonds. The monoisotopic (exact) mass is 334 g/mol. The van der Waals surface area contributed by atoms with E-state index in [1.165, 1.54) is 11.0 Å². The summed E-state index contributed by atoms with van der Waals surface area (Å²) < 4.78 is 14.9. The quantitative estimate of drug-likeness (QED) is 0.793. The molecule has 3 rings (SSSR count). The maximum absolute atomic E-state index is 14.0. The minimum Gasteiger partial charge on any atom is -0.364 e. The van der Waals surface area contributed by atoms with Crippen molar-refractivity contribution in [2.75, 3.05) is 23.4 Å². The number of carbonyl (C=O) groups excluding carboxylic acids is 1. The number of likely N-dealkylation sites (N-methyl/N-ethyl adjacent to an activating group) is 1. The van der Waals surface area contributed by atoms with Crippen molar-refractivity contribution in [3.8, 4) is 0 Å². The molecule has 0 unspecified atom stereocenters. The highest BCUT2D eigenvalue weighted by atomic mass is 79.9. The van der Waals surface area contributed by atoms with E-state index >= 15 is 0 Å². The van der Waals surface area contributed by atoms with Gasteiger partial charge in [0, 0.05) is 11.5 Å². The Labute approximate surface area is 124 Å². The van der Waals surface area contributed by atoms with E-state index in [0.29, 0.717) is 5.69 Å². The fourth-order valence-electron chi connectivity index (χ4n) is 2.38. The van der Waals surface area contributed by atoms with Crippen LogP contribution in [0.2, 0.25) is 0 Å². The molecule has 0 spiro atoms. The fourth-order valence-corrected chi connectivity index (χ4v) is 2.73. The van der Waals surface area contributed by atoms with E-state index < -0.39 is 5.82 Å². The fraction of sp³-hybridized carbons (Fsp3) is 0.133. The van der Waals surface area contributed by atoms with Gasteiger partial charge in [-0.1, -0.05) is 28.1 Å². The van der Waals surface area contributed by atoms with Crippen molar-refractivity contribution in [3.05, 3.63) is 52.8 Å². The van der Waals surface area contributed by atoms with Crippen molar-refractivity contribution in [2.24, 2.45) is 0 Å². The Morgan fingerprint density at radius 1 is 1.10 bits per heavy atom. The highest BCUT2D eigenvalue weighted by molar-refractivity contribution is 9.10. The van der Waals surface area contributed by atoms with Crippen LogP contribution in [0.5, 0.6) is 0 Å². The van der Waals surface area contributed by atoms with Gasteiger partial charge in [0.05, 0.1) is 23.6 Å².